The number of rotatable bonds is 12. The molecule has 1 heterocycles. The molecule has 0 fully saturated rings. The van der Waals surface area contributed by atoms with Crippen LogP contribution >= 0.6 is 24.0 Å². The van der Waals surface area contributed by atoms with Gasteiger partial charge in [0.25, 0.3) is 17.3 Å². The lowest BCUT2D eigenvalue weighted by Crippen LogP contribution is -2.15. The molecule has 15 nitrogen and oxygen atoms in total. The Kier molecular flexibility index (Phi) is 9.20. The molecule has 17 heteroatoms. The van der Waals surface area contributed by atoms with Gasteiger partial charge in [0.15, 0.2) is 0 Å². The number of aromatic nitrogens is 4. The van der Waals surface area contributed by atoms with Gasteiger partial charge in [-0.2, -0.15) is 4.99 Å². The monoisotopic (exact) mass is 532 g/mol. The molecule has 1 N–H and O–H groups in total. The number of amides is 1. The average Bonchev–Trinajstić information content (AvgIpc) is 3.28. The first-order chi connectivity index (χ1) is 17.3. The minimum atomic E-state index is -0.875. The van der Waals surface area contributed by atoms with Crippen LogP contribution in [0.5, 0.6) is 0 Å². The van der Waals surface area contributed by atoms with Crippen molar-refractivity contribution in [3.63, 3.8) is 0 Å². The van der Waals surface area contributed by atoms with E-state index in [1.54, 1.807) is 12.1 Å². The molecule has 0 saturated carbocycles. The van der Waals surface area contributed by atoms with Crippen LogP contribution < -0.4 is 5.32 Å². The number of nitrogens with zero attached hydrogens (tertiary/aromatic N) is 7. The second-order valence-electron chi connectivity index (χ2n) is 6.66. The molecule has 0 aliphatic heterocycles. The van der Waals surface area contributed by atoms with Crippen molar-refractivity contribution in [1.29, 1.82) is 0 Å². The van der Waals surface area contributed by atoms with Crippen LogP contribution in [0.3, 0.4) is 0 Å². The van der Waals surface area contributed by atoms with Crippen LogP contribution in [0.1, 0.15) is 10.4 Å². The Hall–Kier alpha value is -4.15. The minimum absolute atomic E-state index is 0.0532. The van der Waals surface area contributed by atoms with Crippen molar-refractivity contribution in [3.8, 4) is 0 Å². The van der Waals surface area contributed by atoms with Crippen molar-refractivity contribution in [2.24, 2.45) is 4.99 Å². The molecule has 3 aromatic rings. The predicted molar refractivity (Wildman–Crippen MR) is 129 cm³/mol. The lowest BCUT2D eigenvalue weighted by Gasteiger charge is -2.09. The summed E-state index contributed by atoms with van der Waals surface area (Å²) in [5.41, 5.74) is -1.07. The molecule has 1 aromatic heterocycles. The zero-order chi connectivity index (χ0) is 26.1. The summed E-state index contributed by atoms with van der Waals surface area (Å²) in [6, 6.07) is 7.98. The fourth-order valence-electron chi connectivity index (χ4n) is 2.82. The Morgan fingerprint density at radius 2 is 2.03 bits per heavy atom. The Morgan fingerprint density at radius 3 is 2.72 bits per heavy atom. The number of isothiocyanates is 1. The first kappa shape index (κ1) is 26.5. The molecular formula is C19H16N8O7S2. The minimum Gasteiger partial charge on any atom is -0.359 e. The van der Waals surface area contributed by atoms with E-state index in [1.807, 2.05) is 0 Å². The third-order valence-corrected chi connectivity index (χ3v) is 5.46. The molecule has 0 bridgehead atoms. The largest absolute Gasteiger partial charge is 0.359 e. The normalized spacial score (nSPS) is 10.5. The Bertz CT molecular complexity index is 1340. The lowest BCUT2D eigenvalue weighted by atomic mass is 10.1. The smallest absolute Gasteiger partial charge is 0.290 e. The van der Waals surface area contributed by atoms with Crippen LogP contribution in [0.15, 0.2) is 51.4 Å². The van der Waals surface area contributed by atoms with Gasteiger partial charge < -0.3 is 14.8 Å². The third kappa shape index (κ3) is 6.71. The number of nitro groups is 2. The topological polar surface area (TPSA) is 190 Å². The number of ether oxygens (including phenoxy) is 2. The molecule has 3 rings (SSSR count). The van der Waals surface area contributed by atoms with Gasteiger partial charge in [0.05, 0.1) is 44.8 Å². The molecule has 1 amide bonds. The maximum Gasteiger partial charge on any atom is 0.290 e. The maximum absolute atomic E-state index is 13.0. The molecule has 0 atom stereocenters. The molecule has 0 spiro atoms. The van der Waals surface area contributed by atoms with E-state index in [-0.39, 0.29) is 35.7 Å². The first-order valence-corrected chi connectivity index (χ1v) is 11.0. The van der Waals surface area contributed by atoms with Crippen molar-refractivity contribution >= 4 is 57.8 Å². The molecule has 186 valence electrons. The maximum atomic E-state index is 13.0. The number of aliphatic imine (C=N–C) groups is 1. The van der Waals surface area contributed by atoms with Crippen LogP contribution in [0, 0.1) is 20.2 Å². The zero-order valence-corrected chi connectivity index (χ0v) is 20.0. The molecule has 0 unspecified atom stereocenters. The Morgan fingerprint density at radius 1 is 1.25 bits per heavy atom. The van der Waals surface area contributed by atoms with Gasteiger partial charge in [-0.1, -0.05) is 6.07 Å². The highest BCUT2D eigenvalue weighted by Crippen LogP contribution is 2.38. The van der Waals surface area contributed by atoms with E-state index in [4.69, 9.17) is 9.47 Å². The highest BCUT2D eigenvalue weighted by Gasteiger charge is 2.29. The average molecular weight is 533 g/mol. The van der Waals surface area contributed by atoms with Crippen LogP contribution in [0.2, 0.25) is 0 Å². The molecule has 0 saturated heterocycles. The van der Waals surface area contributed by atoms with Crippen LogP contribution in [0.25, 0.3) is 0 Å². The van der Waals surface area contributed by atoms with Crippen molar-refractivity contribution in [2.75, 3.05) is 25.8 Å². The number of hydrogen-bond acceptors (Lipinski definition) is 13. The van der Waals surface area contributed by atoms with E-state index in [0.29, 0.717) is 5.69 Å². The number of methoxy groups -OCH3 is 1. The fraction of sp³-hybridized carbons (Fsp3) is 0.211. The molecule has 2 aromatic carbocycles. The molecule has 0 aliphatic carbocycles. The van der Waals surface area contributed by atoms with E-state index in [2.05, 4.69) is 43.2 Å². The summed E-state index contributed by atoms with van der Waals surface area (Å²) in [7, 11) is 1.46. The van der Waals surface area contributed by atoms with E-state index in [1.165, 1.54) is 23.9 Å². The number of nitro benzene ring substituents is 2. The van der Waals surface area contributed by atoms with Crippen LogP contribution in [-0.4, -0.2) is 61.6 Å². The number of anilines is 1. The number of hydrogen-bond donors (Lipinski definition) is 1. The number of nitrogens with one attached hydrogen (secondary N) is 1. The number of thiocarbonyl (C=S) groups is 1. The Balaban J connectivity index is 1.96. The molecule has 0 radical (unpaired) electrons. The van der Waals surface area contributed by atoms with Gasteiger partial charge in [-0.15, -0.1) is 5.10 Å². The molecular weight excluding hydrogens is 516 g/mol. The lowest BCUT2D eigenvalue weighted by molar-refractivity contribution is -0.396. The SMILES string of the molecule is COCOCCn1nnnc1Sc1cc(C(=O)Nc2cccc(N=C=S)c2)c([N+](=O)[O-])cc1[N+](=O)[O-]. The summed E-state index contributed by atoms with van der Waals surface area (Å²) in [4.78, 5) is 38.4. The second kappa shape index (κ2) is 12.5. The van der Waals surface area contributed by atoms with Gasteiger partial charge in [0.2, 0.25) is 5.16 Å². The van der Waals surface area contributed by atoms with Crippen molar-refractivity contribution < 1.29 is 24.1 Å². The van der Waals surface area contributed by atoms with Crippen LogP contribution in [0.4, 0.5) is 22.7 Å². The van der Waals surface area contributed by atoms with Gasteiger partial charge in [0, 0.05) is 12.8 Å². The summed E-state index contributed by atoms with van der Waals surface area (Å²) in [6.45, 7) is 0.444. The molecule has 36 heavy (non-hydrogen) atoms. The van der Waals surface area contributed by atoms with Gasteiger partial charge in [-0.05, 0) is 58.7 Å². The van der Waals surface area contributed by atoms with Crippen molar-refractivity contribution in [3.05, 3.63) is 62.2 Å². The fourth-order valence-corrected chi connectivity index (χ4v) is 3.85. The standard InChI is InChI=1S/C19H16N8O7S2/c1-33-11-34-6-5-25-19(22-23-24-25)36-17-8-14(15(26(29)30)9-16(17)27(31)32)18(28)21-13-4-2-3-12(7-13)20-10-35/h2-4,7-9H,5-6,11H2,1H3,(H,21,28). The highest BCUT2D eigenvalue weighted by atomic mass is 32.2. The Labute approximate surface area is 211 Å². The van der Waals surface area contributed by atoms with Crippen molar-refractivity contribution in [2.45, 2.75) is 16.6 Å². The summed E-state index contributed by atoms with van der Waals surface area (Å²) in [6.07, 6.45) is 0. The quantitative estimate of drug-likeness (QED) is 0.0896. The number of carbonyl (C=O) groups is 1. The van der Waals surface area contributed by atoms with Crippen molar-refractivity contribution in [1.82, 2.24) is 20.2 Å². The van der Waals surface area contributed by atoms with Gasteiger partial charge in [-0.3, -0.25) is 25.0 Å². The summed E-state index contributed by atoms with van der Waals surface area (Å²) in [5, 5.41) is 39.4. The summed E-state index contributed by atoms with van der Waals surface area (Å²) >= 11 is 5.33. The van der Waals surface area contributed by atoms with E-state index in [0.717, 1.165) is 23.9 Å². The van der Waals surface area contributed by atoms with E-state index in [9.17, 15) is 25.0 Å². The van der Waals surface area contributed by atoms with Gasteiger partial charge in [-0.25, -0.2) is 4.68 Å². The molecule has 0 aliphatic rings. The van der Waals surface area contributed by atoms with E-state index < -0.39 is 32.7 Å². The second-order valence-corrected chi connectivity index (χ2v) is 7.85. The first-order valence-electron chi connectivity index (χ1n) is 9.81. The summed E-state index contributed by atoms with van der Waals surface area (Å²) < 4.78 is 11.3. The highest BCUT2D eigenvalue weighted by molar-refractivity contribution is 7.99. The summed E-state index contributed by atoms with van der Waals surface area (Å²) in [5.74, 6) is -0.866. The zero-order valence-electron chi connectivity index (χ0n) is 18.4. The third-order valence-electron chi connectivity index (χ3n) is 4.34. The number of benzene rings is 2. The predicted octanol–water partition coefficient (Wildman–Crippen LogP) is 3.25. The van der Waals surface area contributed by atoms with Crippen LogP contribution in [-0.2, 0) is 16.0 Å². The number of carbonyl (C=O) groups excluding carboxylic acids is 1. The van der Waals surface area contributed by atoms with E-state index >= 15 is 0 Å². The van der Waals surface area contributed by atoms with Gasteiger partial charge >= 0.3 is 0 Å². The van der Waals surface area contributed by atoms with Gasteiger partial charge in [0.1, 0.15) is 12.4 Å². The number of tetrazole rings is 1.